The third-order valence-corrected chi connectivity index (χ3v) is 4.06. The average molecular weight is 216 g/mol. The van der Waals surface area contributed by atoms with Crippen LogP contribution in [0.2, 0.25) is 0 Å². The maximum atomic E-state index is 3.63. The van der Waals surface area contributed by atoms with Crippen molar-refractivity contribution in [1.29, 1.82) is 0 Å². The van der Waals surface area contributed by atoms with Crippen LogP contribution in [0.1, 0.15) is 20.8 Å². The molecule has 1 saturated heterocycles. The van der Waals surface area contributed by atoms with Crippen LogP contribution in [0.4, 0.5) is 0 Å². The van der Waals surface area contributed by atoms with Gasteiger partial charge in [-0.1, -0.05) is 20.8 Å². The molecule has 1 rings (SSSR count). The van der Waals surface area contributed by atoms with Crippen molar-refractivity contribution in [2.24, 2.45) is 5.92 Å². The lowest BCUT2D eigenvalue weighted by molar-refractivity contribution is 0.186. The number of nitrogens with one attached hydrogen (secondary N) is 1. The fourth-order valence-corrected chi connectivity index (χ4v) is 3.42. The third kappa shape index (κ3) is 3.14. The van der Waals surface area contributed by atoms with Crippen molar-refractivity contribution in [1.82, 2.24) is 10.2 Å². The summed E-state index contributed by atoms with van der Waals surface area (Å²) >= 11 is 2.10. The van der Waals surface area contributed by atoms with Gasteiger partial charge < -0.3 is 10.2 Å². The molecule has 0 radical (unpaired) electrons. The van der Waals surface area contributed by atoms with Crippen molar-refractivity contribution in [3.05, 3.63) is 0 Å². The van der Waals surface area contributed by atoms with Gasteiger partial charge in [-0.2, -0.15) is 11.8 Å². The average Bonchev–Trinajstić information content (AvgIpc) is 2.15. The van der Waals surface area contributed by atoms with Crippen LogP contribution in [0.5, 0.6) is 0 Å². The van der Waals surface area contributed by atoms with Gasteiger partial charge in [-0.15, -0.1) is 0 Å². The molecule has 0 aromatic carbocycles. The molecule has 2 nitrogen and oxygen atoms in total. The Morgan fingerprint density at radius 1 is 1.50 bits per heavy atom. The van der Waals surface area contributed by atoms with Crippen LogP contribution >= 0.6 is 11.8 Å². The first-order chi connectivity index (χ1) is 6.66. The van der Waals surface area contributed by atoms with Crippen LogP contribution in [0, 0.1) is 5.92 Å². The van der Waals surface area contributed by atoms with Crippen molar-refractivity contribution in [3.63, 3.8) is 0 Å². The van der Waals surface area contributed by atoms with Crippen LogP contribution in [0.15, 0.2) is 0 Å². The highest BCUT2D eigenvalue weighted by Crippen LogP contribution is 2.21. The van der Waals surface area contributed by atoms with E-state index in [2.05, 4.69) is 49.8 Å². The third-order valence-electron chi connectivity index (χ3n) is 3.02. The van der Waals surface area contributed by atoms with Gasteiger partial charge in [0.1, 0.15) is 0 Å². The van der Waals surface area contributed by atoms with Crippen molar-refractivity contribution < 1.29 is 0 Å². The Hall–Kier alpha value is 0.270. The first-order valence-corrected chi connectivity index (χ1v) is 6.83. The van der Waals surface area contributed by atoms with Gasteiger partial charge in [0.25, 0.3) is 0 Å². The minimum atomic E-state index is 0.651. The maximum Gasteiger partial charge on any atom is 0.0339 e. The predicted octanol–water partition coefficient (Wildman–Crippen LogP) is 1.67. The molecule has 1 heterocycles. The molecule has 1 aliphatic rings. The molecule has 0 aromatic rings. The Balaban J connectivity index is 2.55. The zero-order valence-electron chi connectivity index (χ0n) is 9.92. The Kier molecular flexibility index (Phi) is 5.28. The molecule has 0 amide bonds. The molecule has 1 fully saturated rings. The summed E-state index contributed by atoms with van der Waals surface area (Å²) in [5.74, 6) is 3.30. The van der Waals surface area contributed by atoms with E-state index < -0.39 is 0 Å². The zero-order valence-corrected chi connectivity index (χ0v) is 10.7. The van der Waals surface area contributed by atoms with Crippen LogP contribution in [-0.4, -0.2) is 48.6 Å². The molecule has 84 valence electrons. The fraction of sp³-hybridized carbons (Fsp3) is 1.00. The van der Waals surface area contributed by atoms with Gasteiger partial charge in [0.15, 0.2) is 0 Å². The number of rotatable bonds is 4. The summed E-state index contributed by atoms with van der Waals surface area (Å²) in [5.41, 5.74) is 0. The minimum absolute atomic E-state index is 0.651. The molecule has 0 bridgehead atoms. The molecule has 0 aromatic heterocycles. The number of thioether (sulfide) groups is 1. The number of hydrogen-bond acceptors (Lipinski definition) is 3. The summed E-state index contributed by atoms with van der Waals surface area (Å²) in [5, 5.41) is 3.63. The minimum Gasteiger partial charge on any atom is -0.312 e. The van der Waals surface area contributed by atoms with E-state index in [1.807, 2.05) is 0 Å². The van der Waals surface area contributed by atoms with Gasteiger partial charge in [-0.25, -0.2) is 0 Å². The molecule has 0 saturated carbocycles. The number of nitrogens with zero attached hydrogens (tertiary/aromatic N) is 1. The second-order valence-electron chi connectivity index (χ2n) is 4.45. The zero-order chi connectivity index (χ0) is 10.6. The van der Waals surface area contributed by atoms with Gasteiger partial charge in [0.2, 0.25) is 0 Å². The van der Waals surface area contributed by atoms with E-state index >= 15 is 0 Å². The lowest BCUT2D eigenvalue weighted by atomic mass is 9.96. The van der Waals surface area contributed by atoms with Crippen molar-refractivity contribution >= 4 is 11.8 Å². The van der Waals surface area contributed by atoms with E-state index in [1.165, 1.54) is 18.1 Å². The quantitative estimate of drug-likeness (QED) is 0.769. The second kappa shape index (κ2) is 5.99. The fourth-order valence-electron chi connectivity index (χ4n) is 2.14. The summed E-state index contributed by atoms with van der Waals surface area (Å²) in [6.07, 6.45) is 0. The normalized spacial score (nSPS) is 26.8. The highest BCUT2D eigenvalue weighted by Gasteiger charge is 2.29. The van der Waals surface area contributed by atoms with E-state index in [4.69, 9.17) is 0 Å². The molecule has 0 spiro atoms. The van der Waals surface area contributed by atoms with E-state index in [0.29, 0.717) is 12.1 Å². The SMILES string of the molecule is CCNC(C(C)C)C1CSCCN1C. The van der Waals surface area contributed by atoms with Crippen molar-refractivity contribution in [2.75, 3.05) is 31.6 Å². The molecule has 1 aliphatic heterocycles. The molecular weight excluding hydrogens is 192 g/mol. The molecule has 0 aliphatic carbocycles. The molecule has 1 N–H and O–H groups in total. The van der Waals surface area contributed by atoms with Gasteiger partial charge in [0.05, 0.1) is 0 Å². The molecule has 3 heteroatoms. The topological polar surface area (TPSA) is 15.3 Å². The first kappa shape index (κ1) is 12.3. The number of likely N-dealkylation sites (N-methyl/N-ethyl adjacent to an activating group) is 2. The summed E-state index contributed by atoms with van der Waals surface area (Å²) in [6.45, 7) is 9.16. The van der Waals surface area contributed by atoms with Gasteiger partial charge >= 0.3 is 0 Å². The van der Waals surface area contributed by atoms with E-state index in [9.17, 15) is 0 Å². The summed E-state index contributed by atoms with van der Waals surface area (Å²) < 4.78 is 0. The highest BCUT2D eigenvalue weighted by molar-refractivity contribution is 7.99. The Morgan fingerprint density at radius 3 is 2.71 bits per heavy atom. The smallest absolute Gasteiger partial charge is 0.0339 e. The van der Waals surface area contributed by atoms with Gasteiger partial charge in [-0.05, 0) is 19.5 Å². The van der Waals surface area contributed by atoms with Crippen LogP contribution < -0.4 is 5.32 Å². The Bertz CT molecular complexity index is 159. The van der Waals surface area contributed by atoms with Crippen LogP contribution in [-0.2, 0) is 0 Å². The van der Waals surface area contributed by atoms with E-state index in [-0.39, 0.29) is 0 Å². The van der Waals surface area contributed by atoms with Crippen LogP contribution in [0.3, 0.4) is 0 Å². The van der Waals surface area contributed by atoms with Crippen molar-refractivity contribution in [3.8, 4) is 0 Å². The van der Waals surface area contributed by atoms with Gasteiger partial charge in [-0.3, -0.25) is 0 Å². The summed E-state index contributed by atoms with van der Waals surface area (Å²) in [7, 11) is 2.26. The number of hydrogen-bond donors (Lipinski definition) is 1. The maximum absolute atomic E-state index is 3.63. The Labute approximate surface area is 92.8 Å². The summed E-state index contributed by atoms with van der Waals surface area (Å²) in [6, 6.07) is 1.37. The second-order valence-corrected chi connectivity index (χ2v) is 5.60. The highest BCUT2D eigenvalue weighted by atomic mass is 32.2. The largest absolute Gasteiger partial charge is 0.312 e. The Morgan fingerprint density at radius 2 is 2.21 bits per heavy atom. The lowest BCUT2D eigenvalue weighted by Gasteiger charge is -2.40. The lowest BCUT2D eigenvalue weighted by Crippen LogP contribution is -2.54. The molecule has 2 atom stereocenters. The van der Waals surface area contributed by atoms with Crippen LogP contribution in [0.25, 0.3) is 0 Å². The molecule has 2 unspecified atom stereocenters. The monoisotopic (exact) mass is 216 g/mol. The molecular formula is C11H24N2S. The standard InChI is InChI=1S/C11H24N2S/c1-5-12-11(9(2)3)10-8-14-7-6-13(10)4/h9-12H,5-8H2,1-4H3. The summed E-state index contributed by atoms with van der Waals surface area (Å²) in [4.78, 5) is 2.52. The first-order valence-electron chi connectivity index (χ1n) is 5.68. The van der Waals surface area contributed by atoms with Crippen molar-refractivity contribution in [2.45, 2.75) is 32.9 Å². The molecule has 14 heavy (non-hydrogen) atoms. The predicted molar refractivity (Wildman–Crippen MR) is 66.0 cm³/mol. The van der Waals surface area contributed by atoms with Gasteiger partial charge in [0, 0.05) is 30.1 Å². The van der Waals surface area contributed by atoms with E-state index in [1.54, 1.807) is 0 Å². The van der Waals surface area contributed by atoms with E-state index in [0.717, 1.165) is 12.5 Å².